The van der Waals surface area contributed by atoms with E-state index in [0.717, 1.165) is 38.3 Å². The standard InChI is InChI=1S/C47H54N5O9P/c1-27-31-22-23-32(40(54)35(31)41(55)36-34(27)42(56)38-39(51(2)3)43(57)37(46(48)60)45(59)47(38,61)44(36)58)50-33(53)21-15-7-5-6-8-16-24-62(28-17-11-9-12-18-28,29-19-13-10-14-20-29)30-25-49-52(4)26-30/h9-14,17-20,22-23,25-27,34,38-39,42,56,61H,5-8,15-16,21,24H2,1-4H3,(H5-,48,50,53,54,55,57,58,59,60)/p+1/t27-,34+,38+,39-,42-,47-/m0/s1. The van der Waals surface area contributed by atoms with Crippen molar-refractivity contribution in [1.29, 1.82) is 0 Å². The second-order valence-electron chi connectivity index (χ2n) is 17.0. The topological polar surface area (TPSA) is 229 Å². The first-order valence-electron chi connectivity index (χ1n) is 21.0. The number of nitrogens with zero attached hydrogens (tertiary/aromatic N) is 3. The first-order valence-corrected chi connectivity index (χ1v) is 23.0. The maximum atomic E-state index is 14.3. The van der Waals surface area contributed by atoms with Crippen molar-refractivity contribution in [2.45, 2.75) is 75.5 Å². The summed E-state index contributed by atoms with van der Waals surface area (Å²) in [5.74, 6) is -10.1. The number of ketones is 2. The van der Waals surface area contributed by atoms with Crippen molar-refractivity contribution in [3.8, 4) is 5.75 Å². The van der Waals surface area contributed by atoms with Gasteiger partial charge in [-0.3, -0.25) is 28.8 Å². The van der Waals surface area contributed by atoms with E-state index in [-0.39, 0.29) is 23.6 Å². The number of aliphatic hydroxyl groups excluding tert-OH is 3. The van der Waals surface area contributed by atoms with Gasteiger partial charge in [0.2, 0.25) is 11.7 Å². The van der Waals surface area contributed by atoms with E-state index in [1.807, 2.05) is 30.1 Å². The fourth-order valence-corrected chi connectivity index (χ4v) is 14.4. The Kier molecular flexibility index (Phi) is 12.6. The van der Waals surface area contributed by atoms with Crippen molar-refractivity contribution in [3.05, 3.63) is 113 Å². The van der Waals surface area contributed by atoms with Crippen LogP contribution in [0, 0.1) is 11.8 Å². The number of unbranched alkanes of at least 4 members (excludes halogenated alkanes) is 5. The van der Waals surface area contributed by atoms with Gasteiger partial charge in [-0.1, -0.05) is 68.7 Å². The molecule has 0 saturated heterocycles. The average Bonchev–Trinajstić information content (AvgIpc) is 3.69. The summed E-state index contributed by atoms with van der Waals surface area (Å²) in [6.45, 7) is 1.65. The van der Waals surface area contributed by atoms with E-state index in [9.17, 15) is 44.7 Å². The quantitative estimate of drug-likeness (QED) is 0.0393. The molecule has 4 aromatic rings. The van der Waals surface area contributed by atoms with Gasteiger partial charge in [-0.2, -0.15) is 5.10 Å². The Balaban J connectivity index is 1.00. The largest absolute Gasteiger partial charge is 0.508 e. The molecule has 0 radical (unpaired) electrons. The Bertz CT molecular complexity index is 2410. The third kappa shape index (κ3) is 7.42. The smallest absolute Gasteiger partial charge is 0.255 e. The first kappa shape index (κ1) is 44.4. The van der Waals surface area contributed by atoms with Gasteiger partial charge in [-0.15, -0.1) is 0 Å². The Hall–Kier alpha value is -5.66. The number of aliphatic hydroxyl groups is 4. The number of amides is 2. The maximum absolute atomic E-state index is 14.3. The molecule has 326 valence electrons. The maximum Gasteiger partial charge on any atom is 0.255 e. The number of fused-ring (bicyclic) bond motifs is 3. The summed E-state index contributed by atoms with van der Waals surface area (Å²) < 4.78 is 1.87. The van der Waals surface area contributed by atoms with Gasteiger partial charge in [0.05, 0.1) is 47.9 Å². The number of aryl methyl sites for hydroxylation is 1. The van der Waals surface area contributed by atoms with Gasteiger partial charge in [-0.05, 0) is 75.2 Å². The molecule has 1 fully saturated rings. The highest BCUT2D eigenvalue weighted by Gasteiger charge is 2.68. The molecule has 0 bridgehead atoms. The molecule has 2 amide bonds. The molecule has 1 heterocycles. The normalized spacial score (nSPS) is 23.6. The van der Waals surface area contributed by atoms with Gasteiger partial charge >= 0.3 is 0 Å². The Labute approximate surface area is 361 Å². The van der Waals surface area contributed by atoms with Gasteiger partial charge in [0.25, 0.3) is 5.91 Å². The van der Waals surface area contributed by atoms with Crippen LogP contribution in [0.25, 0.3) is 5.76 Å². The van der Waals surface area contributed by atoms with Crippen LogP contribution < -0.4 is 27.0 Å². The van der Waals surface area contributed by atoms with E-state index in [2.05, 4.69) is 65.1 Å². The summed E-state index contributed by atoms with van der Waals surface area (Å²) in [7, 11) is 2.91. The molecular formula is C47H55N5O9P+. The highest BCUT2D eigenvalue weighted by molar-refractivity contribution is 7.95. The Morgan fingerprint density at radius 2 is 1.48 bits per heavy atom. The van der Waals surface area contributed by atoms with Gasteiger partial charge in [0.1, 0.15) is 46.0 Å². The summed E-state index contributed by atoms with van der Waals surface area (Å²) >= 11 is 0. The molecule has 62 heavy (non-hydrogen) atoms. The minimum absolute atomic E-state index is 0.0149. The predicted octanol–water partition coefficient (Wildman–Crippen LogP) is 3.89. The average molecular weight is 865 g/mol. The highest BCUT2D eigenvalue weighted by Crippen LogP contribution is 2.58. The molecule has 0 spiro atoms. The molecular weight excluding hydrogens is 810 g/mol. The number of aromatic nitrogens is 2. The van der Waals surface area contributed by atoms with Crippen molar-refractivity contribution in [2.75, 3.05) is 25.6 Å². The van der Waals surface area contributed by atoms with Crippen LogP contribution in [-0.4, -0.2) is 102 Å². The lowest BCUT2D eigenvalue weighted by Gasteiger charge is -2.53. The number of nitrogens with two attached hydrogens (primary N) is 1. The number of aromatic hydroxyl groups is 1. The molecule has 14 nitrogen and oxygen atoms in total. The van der Waals surface area contributed by atoms with Crippen LogP contribution >= 0.6 is 7.26 Å². The minimum atomic E-state index is -3.01. The summed E-state index contributed by atoms with van der Waals surface area (Å²) in [6, 6.07) is 23.0. The second kappa shape index (κ2) is 17.6. The monoisotopic (exact) mass is 864 g/mol. The highest BCUT2D eigenvalue weighted by atomic mass is 31.2. The molecule has 3 aliphatic carbocycles. The summed E-state index contributed by atoms with van der Waals surface area (Å²) in [6.07, 6.45) is 9.09. The lowest BCUT2D eigenvalue weighted by atomic mass is 9.54. The van der Waals surface area contributed by atoms with E-state index in [4.69, 9.17) is 5.73 Å². The fraction of sp³-hybridized carbons (Fsp3) is 0.383. The summed E-state index contributed by atoms with van der Waals surface area (Å²) in [5.41, 5.74) is 1.06. The number of anilines is 1. The number of primary amides is 1. The zero-order chi connectivity index (χ0) is 44.7. The van der Waals surface area contributed by atoms with Crippen molar-refractivity contribution < 1.29 is 44.7 Å². The predicted molar refractivity (Wildman–Crippen MR) is 238 cm³/mol. The summed E-state index contributed by atoms with van der Waals surface area (Å²) in [5, 5.41) is 69.2. The van der Waals surface area contributed by atoms with Crippen LogP contribution in [0.15, 0.2) is 102 Å². The molecule has 3 aromatic carbocycles. The minimum Gasteiger partial charge on any atom is -0.508 e. The molecule has 1 aromatic heterocycles. The van der Waals surface area contributed by atoms with E-state index < -0.39 is 88.7 Å². The molecule has 15 heteroatoms. The number of hydrogen-bond acceptors (Lipinski definition) is 11. The molecule has 6 atom stereocenters. The Morgan fingerprint density at radius 1 is 0.887 bits per heavy atom. The van der Waals surface area contributed by atoms with E-state index in [1.165, 1.54) is 41.0 Å². The number of likely N-dealkylation sites (N-methyl/N-ethyl adjacent to an activating group) is 1. The number of carbonyl (C=O) groups is 4. The lowest BCUT2D eigenvalue weighted by Crippen LogP contribution is -2.70. The summed E-state index contributed by atoms with van der Waals surface area (Å²) in [4.78, 5) is 54.5. The van der Waals surface area contributed by atoms with Gasteiger partial charge in [0, 0.05) is 25.0 Å². The van der Waals surface area contributed by atoms with Gasteiger partial charge < -0.3 is 36.6 Å². The van der Waals surface area contributed by atoms with Gasteiger partial charge in [0.15, 0.2) is 11.4 Å². The van der Waals surface area contributed by atoms with Crippen molar-refractivity contribution in [3.63, 3.8) is 0 Å². The van der Waals surface area contributed by atoms with Crippen LogP contribution in [0.1, 0.15) is 68.9 Å². The lowest BCUT2D eigenvalue weighted by molar-refractivity contribution is -0.169. The number of rotatable bonds is 15. The third-order valence-corrected chi connectivity index (χ3v) is 17.5. The first-order chi connectivity index (χ1) is 29.6. The van der Waals surface area contributed by atoms with Crippen molar-refractivity contribution in [2.24, 2.45) is 24.6 Å². The molecule has 0 unspecified atom stereocenters. The van der Waals surface area contributed by atoms with E-state index in [1.54, 1.807) is 13.0 Å². The SMILES string of the molecule is C[C@H]1c2ccc(NC(=O)CCCCCCCC[P+](c3ccccc3)(c3ccccc3)c3cnn(C)c3)c(O)c2C(O)=C2C(=O)[C@]3(O)C(O)=C(C(N)=O)C(=O)[C@@H](N(C)C)[C@@H]3[C@@H](O)[C@@H]21. The van der Waals surface area contributed by atoms with Crippen LogP contribution in [-0.2, 0) is 26.2 Å². The van der Waals surface area contributed by atoms with Crippen LogP contribution in [0.3, 0.4) is 0 Å². The molecule has 7 rings (SSSR count). The molecule has 0 aliphatic heterocycles. The zero-order valence-electron chi connectivity index (χ0n) is 35.4. The van der Waals surface area contributed by atoms with Crippen LogP contribution in [0.2, 0.25) is 0 Å². The number of Topliss-reactive ketones (excluding diaryl/α,β-unsaturated/α-hetero) is 2. The Morgan fingerprint density at radius 3 is 2.05 bits per heavy atom. The number of nitrogens with one attached hydrogen (secondary N) is 1. The number of carbonyl (C=O) groups excluding carboxylic acids is 4. The fourth-order valence-electron chi connectivity index (χ4n) is 10.1. The number of phenolic OH excluding ortho intramolecular Hbond substituents is 1. The molecule has 1 saturated carbocycles. The third-order valence-electron chi connectivity index (χ3n) is 13.1. The van der Waals surface area contributed by atoms with Crippen LogP contribution in [0.5, 0.6) is 5.75 Å². The molecule has 3 aliphatic rings. The van der Waals surface area contributed by atoms with E-state index in [0.29, 0.717) is 12.0 Å². The van der Waals surface area contributed by atoms with Gasteiger partial charge in [-0.25, -0.2) is 0 Å². The second-order valence-corrected chi connectivity index (χ2v) is 20.6. The van der Waals surface area contributed by atoms with Crippen LogP contribution in [0.4, 0.5) is 5.69 Å². The van der Waals surface area contributed by atoms with Crippen molar-refractivity contribution >= 4 is 58.0 Å². The van der Waals surface area contributed by atoms with E-state index >= 15 is 0 Å². The number of benzene rings is 3. The molecule has 8 N–H and O–H groups in total. The van der Waals surface area contributed by atoms with Crippen molar-refractivity contribution in [1.82, 2.24) is 14.7 Å². The number of phenols is 1. The zero-order valence-corrected chi connectivity index (χ0v) is 36.3. The number of hydrogen-bond donors (Lipinski definition) is 7.